The number of hydrogen-bond acceptors (Lipinski definition) is 9. The number of benzene rings is 1. The molecule has 1 amide bonds. The smallest absolute Gasteiger partial charge is 0.329 e. The van der Waals surface area contributed by atoms with Crippen molar-refractivity contribution in [3.8, 4) is 0 Å². The zero-order valence-electron chi connectivity index (χ0n) is 22.6. The quantitative estimate of drug-likeness (QED) is 0.219. The molecule has 0 fully saturated rings. The average molecular weight is 563 g/mol. The van der Waals surface area contributed by atoms with Crippen molar-refractivity contribution in [2.75, 3.05) is 36.7 Å². The molecule has 210 valence electrons. The Labute approximate surface area is 225 Å². The van der Waals surface area contributed by atoms with E-state index >= 15 is 0 Å². The van der Waals surface area contributed by atoms with Crippen LogP contribution in [0, 0.1) is 0 Å². The van der Waals surface area contributed by atoms with E-state index in [1.165, 1.54) is 0 Å². The number of carbonyl (C=O) groups is 3. The van der Waals surface area contributed by atoms with Crippen molar-refractivity contribution in [1.29, 1.82) is 0 Å². The average Bonchev–Trinajstić information content (AvgIpc) is 2.72. The summed E-state index contributed by atoms with van der Waals surface area (Å²) in [6, 6.07) is 5.46. The van der Waals surface area contributed by atoms with Crippen LogP contribution in [0.4, 0.5) is 5.69 Å². The molecule has 0 aromatic heterocycles. The minimum Gasteiger partial charge on any atom is -0.460 e. The number of nitrogens with zero attached hydrogens (tertiary/aromatic N) is 1. The zero-order chi connectivity index (χ0) is 28.4. The first kappa shape index (κ1) is 32.7. The van der Waals surface area contributed by atoms with Gasteiger partial charge in [-0.15, -0.1) is 11.6 Å². The van der Waals surface area contributed by atoms with Crippen LogP contribution >= 0.6 is 11.6 Å². The van der Waals surface area contributed by atoms with Crippen LogP contribution < -0.4 is 10.2 Å². The number of carbonyl (C=O) groups excluding carboxylic acids is 3. The van der Waals surface area contributed by atoms with Gasteiger partial charge in [-0.1, -0.05) is 0 Å². The first-order valence-corrected chi connectivity index (χ1v) is 14.3. The number of alkyl halides is 1. The first-order valence-electron chi connectivity index (χ1n) is 11.9. The van der Waals surface area contributed by atoms with Gasteiger partial charge in [-0.25, -0.2) is 4.79 Å². The van der Waals surface area contributed by atoms with Crippen LogP contribution in [0.3, 0.4) is 0 Å². The Morgan fingerprint density at radius 3 is 2.03 bits per heavy atom. The van der Waals surface area contributed by atoms with Crippen LogP contribution in [0.5, 0.6) is 0 Å². The zero-order valence-corrected chi connectivity index (χ0v) is 24.2. The Kier molecular flexibility index (Phi) is 12.3. The molecule has 0 saturated carbocycles. The lowest BCUT2D eigenvalue weighted by molar-refractivity contribution is -0.158. The molecule has 37 heavy (non-hydrogen) atoms. The van der Waals surface area contributed by atoms with E-state index < -0.39 is 45.2 Å². The molecule has 0 aliphatic heterocycles. The summed E-state index contributed by atoms with van der Waals surface area (Å²) in [5.41, 5.74) is -0.450. The van der Waals surface area contributed by atoms with Crippen molar-refractivity contribution in [1.82, 2.24) is 5.32 Å². The Hall–Kier alpha value is -2.37. The second-order valence-corrected chi connectivity index (χ2v) is 12.5. The Balaban J connectivity index is 2.95. The van der Waals surface area contributed by atoms with Gasteiger partial charge in [0.1, 0.15) is 17.2 Å². The maximum absolute atomic E-state index is 12.9. The fraction of sp³-hybridized carbons (Fsp3) is 0.640. The molecule has 1 aromatic carbocycles. The molecule has 1 aromatic rings. The molecule has 0 aliphatic carbocycles. The van der Waals surface area contributed by atoms with Crippen molar-refractivity contribution in [3.63, 3.8) is 0 Å². The van der Waals surface area contributed by atoms with Gasteiger partial charge in [0.05, 0.1) is 12.9 Å². The summed E-state index contributed by atoms with van der Waals surface area (Å²) in [5.74, 6) is -1.36. The van der Waals surface area contributed by atoms with Crippen LogP contribution in [0.25, 0.3) is 0 Å². The number of anilines is 1. The normalized spacial score (nSPS) is 13.0. The molecule has 10 nitrogen and oxygen atoms in total. The molecule has 12 heteroatoms. The topological polar surface area (TPSA) is 128 Å². The number of esters is 2. The standard InChI is InChI=1S/C25H39ClN2O8S/c1-24(2,3)35-21(29)13-12-20(23(31)36-25(4,5)6)27-22(30)18-8-10-19(11-9-18)28(15-14-26)16-17-34-37(7,32)33/h8-11,20H,12-17H2,1-7H3,(H,27,30)/t20-/m0/s1. The highest BCUT2D eigenvalue weighted by molar-refractivity contribution is 7.85. The van der Waals surface area contributed by atoms with E-state index in [2.05, 4.69) is 5.32 Å². The molecule has 0 unspecified atom stereocenters. The van der Waals surface area contributed by atoms with E-state index in [9.17, 15) is 22.8 Å². The van der Waals surface area contributed by atoms with Crippen molar-refractivity contribution >= 4 is 45.3 Å². The predicted molar refractivity (Wildman–Crippen MR) is 142 cm³/mol. The minimum atomic E-state index is -3.56. The van der Waals surface area contributed by atoms with E-state index in [4.69, 9.17) is 25.3 Å². The molecule has 1 atom stereocenters. The monoisotopic (exact) mass is 562 g/mol. The molecule has 1 N–H and O–H groups in total. The van der Waals surface area contributed by atoms with E-state index in [1.54, 1.807) is 65.8 Å². The molecule has 0 heterocycles. The van der Waals surface area contributed by atoms with E-state index in [1.807, 2.05) is 4.90 Å². The van der Waals surface area contributed by atoms with Crippen molar-refractivity contribution < 1.29 is 36.5 Å². The van der Waals surface area contributed by atoms with Gasteiger partial charge in [-0.05, 0) is 72.2 Å². The van der Waals surface area contributed by atoms with Gasteiger partial charge in [-0.2, -0.15) is 8.42 Å². The third-order valence-corrected chi connectivity index (χ3v) is 5.33. The lowest BCUT2D eigenvalue weighted by Crippen LogP contribution is -2.44. The largest absolute Gasteiger partial charge is 0.460 e. The molecule has 0 saturated heterocycles. The number of hydrogen-bond donors (Lipinski definition) is 1. The molecule has 0 radical (unpaired) electrons. The van der Waals surface area contributed by atoms with Crippen LogP contribution in [-0.4, -0.2) is 75.3 Å². The minimum absolute atomic E-state index is 0.0114. The predicted octanol–water partition coefficient (Wildman–Crippen LogP) is 3.27. The lowest BCUT2D eigenvalue weighted by atomic mass is 10.1. The van der Waals surface area contributed by atoms with Gasteiger partial charge in [-0.3, -0.25) is 13.8 Å². The third kappa shape index (κ3) is 14.2. The van der Waals surface area contributed by atoms with E-state index in [0.717, 1.165) is 6.26 Å². The van der Waals surface area contributed by atoms with Crippen LogP contribution in [-0.2, 0) is 33.4 Å². The summed E-state index contributed by atoms with van der Waals surface area (Å²) in [6.45, 7) is 11.0. The fourth-order valence-electron chi connectivity index (χ4n) is 3.11. The van der Waals surface area contributed by atoms with Gasteiger partial charge < -0.3 is 19.7 Å². The van der Waals surface area contributed by atoms with Crippen LogP contribution in [0.2, 0.25) is 0 Å². The van der Waals surface area contributed by atoms with Gasteiger partial charge in [0.15, 0.2) is 0 Å². The Morgan fingerprint density at radius 1 is 0.973 bits per heavy atom. The summed E-state index contributed by atoms with van der Waals surface area (Å²) in [5, 5.41) is 2.66. The summed E-state index contributed by atoms with van der Waals surface area (Å²) >= 11 is 5.88. The van der Waals surface area contributed by atoms with Crippen molar-refractivity contribution in [2.45, 2.75) is 71.6 Å². The summed E-state index contributed by atoms with van der Waals surface area (Å²) in [6.07, 6.45) is 0.908. The summed E-state index contributed by atoms with van der Waals surface area (Å²) in [7, 11) is -3.56. The maximum Gasteiger partial charge on any atom is 0.329 e. The number of rotatable bonds is 13. The van der Waals surface area contributed by atoms with Gasteiger partial charge in [0.2, 0.25) is 0 Å². The Morgan fingerprint density at radius 2 is 1.54 bits per heavy atom. The first-order chi connectivity index (χ1) is 16.9. The van der Waals surface area contributed by atoms with Crippen molar-refractivity contribution in [3.05, 3.63) is 29.8 Å². The van der Waals surface area contributed by atoms with Crippen molar-refractivity contribution in [2.24, 2.45) is 0 Å². The number of nitrogens with one attached hydrogen (secondary N) is 1. The third-order valence-electron chi connectivity index (χ3n) is 4.56. The second kappa shape index (κ2) is 14.0. The molecule has 0 aliphatic rings. The lowest BCUT2D eigenvalue weighted by Gasteiger charge is -2.25. The number of ether oxygens (including phenoxy) is 2. The number of amides is 1. The van der Waals surface area contributed by atoms with Gasteiger partial charge in [0.25, 0.3) is 16.0 Å². The van der Waals surface area contributed by atoms with Gasteiger partial charge >= 0.3 is 11.9 Å². The molecule has 0 spiro atoms. The van der Waals surface area contributed by atoms with E-state index in [-0.39, 0.29) is 31.6 Å². The second-order valence-electron chi connectivity index (χ2n) is 10.4. The SMILES string of the molecule is CC(C)(C)OC(=O)CC[C@H](NC(=O)c1ccc(N(CCCl)CCOS(C)(=O)=O)cc1)C(=O)OC(C)(C)C. The summed E-state index contributed by atoms with van der Waals surface area (Å²) in [4.78, 5) is 39.7. The summed E-state index contributed by atoms with van der Waals surface area (Å²) < 4.78 is 38.0. The van der Waals surface area contributed by atoms with Crippen LogP contribution in [0.1, 0.15) is 64.7 Å². The highest BCUT2D eigenvalue weighted by Gasteiger charge is 2.28. The van der Waals surface area contributed by atoms with E-state index in [0.29, 0.717) is 18.1 Å². The highest BCUT2D eigenvalue weighted by Crippen LogP contribution is 2.17. The van der Waals surface area contributed by atoms with Gasteiger partial charge in [0, 0.05) is 36.6 Å². The highest BCUT2D eigenvalue weighted by atomic mass is 35.5. The molecule has 0 bridgehead atoms. The fourth-order valence-corrected chi connectivity index (χ4v) is 3.69. The molecular formula is C25H39ClN2O8S. The van der Waals surface area contributed by atoms with Crippen LogP contribution in [0.15, 0.2) is 24.3 Å². The Bertz CT molecular complexity index is 1010. The molecule has 1 rings (SSSR count). The number of halogens is 1. The maximum atomic E-state index is 12.9. The molecular weight excluding hydrogens is 524 g/mol.